The predicted octanol–water partition coefficient (Wildman–Crippen LogP) is 1.78. The van der Waals surface area contributed by atoms with Gasteiger partial charge in [0.1, 0.15) is 6.07 Å². The number of carbonyl (C=O) groups excluding carboxylic acids is 2. The molecule has 1 amide bonds. The van der Waals surface area contributed by atoms with Crippen LogP contribution in [0.1, 0.15) is 38.9 Å². The average Bonchev–Trinajstić information content (AvgIpc) is 2.91. The first kappa shape index (κ1) is 17.1. The van der Waals surface area contributed by atoms with E-state index < -0.39 is 5.97 Å². The van der Waals surface area contributed by atoms with E-state index in [1.165, 1.54) is 17.9 Å². The smallest absolute Gasteiger partial charge is 0.357 e. The molecule has 1 aromatic carbocycles. The molecule has 0 radical (unpaired) electrons. The van der Waals surface area contributed by atoms with Gasteiger partial charge in [-0.05, 0) is 31.5 Å². The van der Waals surface area contributed by atoms with Crippen molar-refractivity contribution in [3.8, 4) is 11.8 Å². The monoisotopic (exact) mass is 326 g/mol. The van der Waals surface area contributed by atoms with E-state index in [0.717, 1.165) is 5.56 Å². The fraction of sp³-hybridized carbons (Fsp3) is 0.235. The Labute approximate surface area is 139 Å². The Morgan fingerprint density at radius 1 is 1.42 bits per heavy atom. The molecule has 0 aliphatic rings. The highest BCUT2D eigenvalue weighted by atomic mass is 16.5. The third kappa shape index (κ3) is 2.94. The number of benzene rings is 1. The number of nitrogens with one attached hydrogen (secondary N) is 1. The minimum absolute atomic E-state index is 0.0483. The number of nitrogen functional groups attached to an aromatic ring is 1. The molecule has 0 aliphatic heterocycles. The van der Waals surface area contributed by atoms with E-state index in [4.69, 9.17) is 10.5 Å². The Bertz CT molecular complexity index is 846. The summed E-state index contributed by atoms with van der Waals surface area (Å²) in [5.74, 6) is -0.879. The van der Waals surface area contributed by atoms with Crippen LogP contribution in [0.25, 0.3) is 5.69 Å². The summed E-state index contributed by atoms with van der Waals surface area (Å²) in [4.78, 5) is 24.1. The largest absolute Gasteiger partial charge is 0.464 e. The van der Waals surface area contributed by atoms with Gasteiger partial charge in [-0.1, -0.05) is 6.07 Å². The molecular formula is C17H18N4O3. The average molecular weight is 326 g/mol. The molecule has 124 valence electrons. The van der Waals surface area contributed by atoms with Crippen molar-refractivity contribution < 1.29 is 14.3 Å². The molecule has 1 heterocycles. The topological polar surface area (TPSA) is 110 Å². The Hall–Kier alpha value is -3.27. The summed E-state index contributed by atoms with van der Waals surface area (Å²) >= 11 is 0. The normalized spacial score (nSPS) is 10.1. The van der Waals surface area contributed by atoms with Crippen LogP contribution in [-0.2, 0) is 4.74 Å². The molecule has 7 heteroatoms. The zero-order valence-corrected chi connectivity index (χ0v) is 13.7. The van der Waals surface area contributed by atoms with Gasteiger partial charge in [0.05, 0.1) is 18.4 Å². The van der Waals surface area contributed by atoms with Gasteiger partial charge in [-0.25, -0.2) is 4.79 Å². The van der Waals surface area contributed by atoms with Crippen molar-refractivity contribution in [1.82, 2.24) is 9.88 Å². The van der Waals surface area contributed by atoms with Gasteiger partial charge >= 0.3 is 5.97 Å². The lowest BCUT2D eigenvalue weighted by Crippen LogP contribution is -2.23. The lowest BCUT2D eigenvalue weighted by molar-refractivity contribution is 0.0593. The van der Waals surface area contributed by atoms with Crippen LogP contribution in [-0.4, -0.2) is 30.1 Å². The number of nitrogens with two attached hydrogens (primary N) is 1. The molecule has 2 rings (SSSR count). The number of anilines is 1. The number of nitrogens with zero attached hydrogens (tertiary/aromatic N) is 2. The van der Waals surface area contributed by atoms with E-state index in [0.29, 0.717) is 17.8 Å². The quantitative estimate of drug-likeness (QED) is 0.832. The van der Waals surface area contributed by atoms with Gasteiger partial charge in [0.25, 0.3) is 5.91 Å². The maximum absolute atomic E-state index is 12.1. The standard InChI is InChI=1S/C17H18N4O3/c1-4-20-16(22)11-6-5-10(2)13(7-11)21-9-12(8-18)14(19)15(21)17(23)24-3/h5-7,9H,4,19H2,1-3H3,(H,20,22). The van der Waals surface area contributed by atoms with Crippen LogP contribution in [0, 0.1) is 18.3 Å². The van der Waals surface area contributed by atoms with Crippen molar-refractivity contribution in [1.29, 1.82) is 5.26 Å². The summed E-state index contributed by atoms with van der Waals surface area (Å²) in [6.45, 7) is 4.17. The fourth-order valence-electron chi connectivity index (χ4n) is 2.38. The molecule has 0 atom stereocenters. The van der Waals surface area contributed by atoms with Crippen molar-refractivity contribution >= 4 is 17.6 Å². The van der Waals surface area contributed by atoms with Crippen LogP contribution in [0.4, 0.5) is 5.69 Å². The Morgan fingerprint density at radius 2 is 2.12 bits per heavy atom. The van der Waals surface area contributed by atoms with Crippen molar-refractivity contribution in [3.05, 3.63) is 46.8 Å². The van der Waals surface area contributed by atoms with E-state index in [1.54, 1.807) is 18.2 Å². The highest BCUT2D eigenvalue weighted by Crippen LogP contribution is 2.27. The Balaban J connectivity index is 2.68. The summed E-state index contributed by atoms with van der Waals surface area (Å²) in [5.41, 5.74) is 8.01. The Kier molecular flexibility index (Phi) is 4.90. The molecule has 0 aliphatic carbocycles. The number of esters is 1. The molecular weight excluding hydrogens is 308 g/mol. The van der Waals surface area contributed by atoms with Crippen LogP contribution in [0.2, 0.25) is 0 Å². The molecule has 3 N–H and O–H groups in total. The number of hydrogen-bond acceptors (Lipinski definition) is 5. The van der Waals surface area contributed by atoms with Crippen molar-refractivity contribution in [2.45, 2.75) is 13.8 Å². The predicted molar refractivity (Wildman–Crippen MR) is 89.0 cm³/mol. The minimum Gasteiger partial charge on any atom is -0.464 e. The summed E-state index contributed by atoms with van der Waals surface area (Å²) in [6, 6.07) is 7.06. The van der Waals surface area contributed by atoms with Crippen LogP contribution >= 0.6 is 0 Å². The first-order valence-electron chi connectivity index (χ1n) is 7.33. The first-order valence-corrected chi connectivity index (χ1v) is 7.33. The maximum Gasteiger partial charge on any atom is 0.357 e. The van der Waals surface area contributed by atoms with Gasteiger partial charge in [0, 0.05) is 24.0 Å². The van der Waals surface area contributed by atoms with Crippen molar-refractivity contribution in [2.75, 3.05) is 19.4 Å². The second-order valence-electron chi connectivity index (χ2n) is 5.14. The third-order valence-corrected chi connectivity index (χ3v) is 3.61. The van der Waals surface area contributed by atoms with E-state index in [2.05, 4.69) is 5.32 Å². The number of rotatable bonds is 4. The number of nitriles is 1. The molecule has 0 spiro atoms. The van der Waals surface area contributed by atoms with E-state index >= 15 is 0 Å². The summed E-state index contributed by atoms with van der Waals surface area (Å²) in [5, 5.41) is 11.9. The molecule has 0 unspecified atom stereocenters. The lowest BCUT2D eigenvalue weighted by atomic mass is 10.1. The number of ether oxygens (including phenoxy) is 1. The van der Waals surface area contributed by atoms with Crippen LogP contribution in [0.3, 0.4) is 0 Å². The highest BCUT2D eigenvalue weighted by molar-refractivity contribution is 5.97. The van der Waals surface area contributed by atoms with Crippen molar-refractivity contribution in [2.24, 2.45) is 0 Å². The second-order valence-corrected chi connectivity index (χ2v) is 5.14. The number of methoxy groups -OCH3 is 1. The number of hydrogen-bond donors (Lipinski definition) is 2. The van der Waals surface area contributed by atoms with E-state index in [1.807, 2.05) is 19.9 Å². The van der Waals surface area contributed by atoms with Gasteiger partial charge in [-0.3, -0.25) is 4.79 Å². The van der Waals surface area contributed by atoms with E-state index in [-0.39, 0.29) is 22.9 Å². The molecule has 0 fully saturated rings. The molecule has 7 nitrogen and oxygen atoms in total. The molecule has 1 aromatic heterocycles. The molecule has 0 saturated heterocycles. The fourth-order valence-corrected chi connectivity index (χ4v) is 2.38. The van der Waals surface area contributed by atoms with Gasteiger partial charge < -0.3 is 20.4 Å². The maximum atomic E-state index is 12.1. The minimum atomic E-state index is -0.656. The van der Waals surface area contributed by atoms with Crippen molar-refractivity contribution in [3.63, 3.8) is 0 Å². The van der Waals surface area contributed by atoms with Crippen LogP contribution in [0.5, 0.6) is 0 Å². The van der Waals surface area contributed by atoms with Gasteiger partial charge in [-0.2, -0.15) is 5.26 Å². The Morgan fingerprint density at radius 3 is 2.71 bits per heavy atom. The zero-order chi connectivity index (χ0) is 17.9. The second kappa shape index (κ2) is 6.87. The lowest BCUT2D eigenvalue weighted by Gasteiger charge is -2.13. The molecule has 24 heavy (non-hydrogen) atoms. The first-order chi connectivity index (χ1) is 11.4. The third-order valence-electron chi connectivity index (χ3n) is 3.61. The molecule has 0 saturated carbocycles. The summed E-state index contributed by atoms with van der Waals surface area (Å²) in [6.07, 6.45) is 1.46. The molecule has 0 bridgehead atoms. The summed E-state index contributed by atoms with van der Waals surface area (Å²) < 4.78 is 6.25. The number of carbonyl (C=O) groups is 2. The van der Waals surface area contributed by atoms with Gasteiger partial charge in [-0.15, -0.1) is 0 Å². The summed E-state index contributed by atoms with van der Waals surface area (Å²) in [7, 11) is 1.24. The number of amides is 1. The van der Waals surface area contributed by atoms with Crippen LogP contribution < -0.4 is 11.1 Å². The van der Waals surface area contributed by atoms with Gasteiger partial charge in [0.15, 0.2) is 5.69 Å². The van der Waals surface area contributed by atoms with Gasteiger partial charge in [0.2, 0.25) is 0 Å². The molecule has 2 aromatic rings. The highest BCUT2D eigenvalue weighted by Gasteiger charge is 2.23. The van der Waals surface area contributed by atoms with E-state index in [9.17, 15) is 14.9 Å². The zero-order valence-electron chi connectivity index (χ0n) is 13.7. The number of aromatic nitrogens is 1. The van der Waals surface area contributed by atoms with Crippen LogP contribution in [0.15, 0.2) is 24.4 Å². The number of aryl methyl sites for hydroxylation is 1. The SMILES string of the molecule is CCNC(=O)c1ccc(C)c(-n2cc(C#N)c(N)c2C(=O)OC)c1.